The highest BCUT2D eigenvalue weighted by Crippen LogP contribution is 2.31. The molecule has 0 saturated heterocycles. The van der Waals surface area contributed by atoms with Crippen LogP contribution in [0.1, 0.15) is 19.4 Å². The van der Waals surface area contributed by atoms with E-state index in [1.807, 2.05) is 0 Å². The number of hydrogen-bond donors (Lipinski definition) is 1. The Bertz CT molecular complexity index is 566. The highest BCUT2D eigenvalue weighted by atomic mass is 35.5. The van der Waals surface area contributed by atoms with Crippen molar-refractivity contribution in [2.24, 2.45) is 5.92 Å². The first-order valence-electron chi connectivity index (χ1n) is 5.68. The molecule has 5 heteroatoms. The van der Waals surface area contributed by atoms with Crippen molar-refractivity contribution in [3.05, 3.63) is 34.6 Å². The van der Waals surface area contributed by atoms with Crippen LogP contribution in [0.2, 0.25) is 5.02 Å². The molecule has 0 fully saturated rings. The van der Waals surface area contributed by atoms with Crippen LogP contribution in [-0.4, -0.2) is 5.16 Å². The fraction of sp³-hybridized carbons (Fsp3) is 0.308. The van der Waals surface area contributed by atoms with E-state index in [0.717, 1.165) is 12.0 Å². The molecule has 0 aliphatic carbocycles. The Kier molecular flexibility index (Phi) is 3.57. The lowest BCUT2D eigenvalue weighted by molar-refractivity contribution is 0.434. The largest absolute Gasteiger partial charge is 0.381 e. The van der Waals surface area contributed by atoms with Crippen LogP contribution in [0, 0.1) is 11.7 Å². The molecule has 2 N–H and O–H groups in total. The molecule has 0 amide bonds. The first-order chi connectivity index (χ1) is 8.49. The van der Waals surface area contributed by atoms with Gasteiger partial charge in [0.1, 0.15) is 5.82 Å². The van der Waals surface area contributed by atoms with Crippen molar-refractivity contribution in [2.75, 3.05) is 5.73 Å². The van der Waals surface area contributed by atoms with Crippen molar-refractivity contribution < 1.29 is 8.91 Å². The Balaban J connectivity index is 2.47. The van der Waals surface area contributed by atoms with Gasteiger partial charge in [-0.15, -0.1) is 0 Å². The molecule has 0 spiro atoms. The highest BCUT2D eigenvalue weighted by Gasteiger charge is 2.17. The lowest BCUT2D eigenvalue weighted by Gasteiger charge is -2.05. The second-order valence-corrected chi connectivity index (χ2v) is 5.01. The monoisotopic (exact) mass is 268 g/mol. The second kappa shape index (κ2) is 4.98. The molecule has 0 unspecified atom stereocenters. The molecule has 1 aromatic heterocycles. The summed E-state index contributed by atoms with van der Waals surface area (Å²) in [6.07, 6.45) is 0.750. The maximum absolute atomic E-state index is 13.1. The molecule has 0 aliphatic heterocycles. The van der Waals surface area contributed by atoms with Crippen molar-refractivity contribution in [3.8, 4) is 11.3 Å². The van der Waals surface area contributed by atoms with Gasteiger partial charge < -0.3 is 10.3 Å². The summed E-state index contributed by atoms with van der Waals surface area (Å²) in [6, 6.07) is 4.42. The zero-order valence-corrected chi connectivity index (χ0v) is 11.0. The van der Waals surface area contributed by atoms with Gasteiger partial charge in [0.2, 0.25) is 0 Å². The number of aromatic nitrogens is 1. The van der Waals surface area contributed by atoms with E-state index < -0.39 is 5.82 Å². The standard InChI is InChI=1S/C13H14ClFN2O/c1-7(2)5-9-12(18-17-13(9)16)8-3-4-11(15)10(14)6-8/h3-4,6-7H,5H2,1-2H3,(H2,16,17). The number of nitrogens with two attached hydrogens (primary N) is 1. The Morgan fingerprint density at radius 1 is 1.44 bits per heavy atom. The number of nitrogens with zero attached hydrogens (tertiary/aromatic N) is 1. The maximum Gasteiger partial charge on any atom is 0.172 e. The van der Waals surface area contributed by atoms with Crippen LogP contribution >= 0.6 is 11.6 Å². The molecule has 1 heterocycles. The molecule has 0 saturated carbocycles. The second-order valence-electron chi connectivity index (χ2n) is 4.60. The van der Waals surface area contributed by atoms with Crippen LogP contribution in [0.15, 0.2) is 22.7 Å². The molecule has 2 aromatic rings. The van der Waals surface area contributed by atoms with Crippen LogP contribution < -0.4 is 5.73 Å². The number of benzene rings is 1. The predicted octanol–water partition coefficient (Wildman–Crippen LogP) is 3.91. The van der Waals surface area contributed by atoms with Gasteiger partial charge in [0.15, 0.2) is 11.6 Å². The molecule has 2 rings (SSSR count). The first-order valence-corrected chi connectivity index (χ1v) is 6.06. The van der Waals surface area contributed by atoms with E-state index in [0.29, 0.717) is 23.1 Å². The normalized spacial score (nSPS) is 11.2. The minimum atomic E-state index is -0.460. The Morgan fingerprint density at radius 2 is 2.17 bits per heavy atom. The number of anilines is 1. The zero-order chi connectivity index (χ0) is 13.3. The molecular weight excluding hydrogens is 255 g/mol. The number of rotatable bonds is 3. The van der Waals surface area contributed by atoms with Crippen LogP contribution in [0.25, 0.3) is 11.3 Å². The highest BCUT2D eigenvalue weighted by molar-refractivity contribution is 6.31. The minimum Gasteiger partial charge on any atom is -0.381 e. The summed E-state index contributed by atoms with van der Waals surface area (Å²) >= 11 is 5.76. The summed E-state index contributed by atoms with van der Waals surface area (Å²) in [7, 11) is 0. The molecule has 0 aliphatic rings. The SMILES string of the molecule is CC(C)Cc1c(N)noc1-c1ccc(F)c(Cl)c1. The minimum absolute atomic E-state index is 0.0537. The summed E-state index contributed by atoms with van der Waals surface area (Å²) in [5.41, 5.74) is 7.31. The van der Waals surface area contributed by atoms with E-state index >= 15 is 0 Å². The molecule has 0 atom stereocenters. The third-order valence-electron chi connectivity index (χ3n) is 2.61. The Morgan fingerprint density at radius 3 is 2.78 bits per heavy atom. The van der Waals surface area contributed by atoms with Gasteiger partial charge in [-0.1, -0.05) is 30.6 Å². The van der Waals surface area contributed by atoms with Crippen LogP contribution in [0.3, 0.4) is 0 Å². The third kappa shape index (κ3) is 2.48. The molecule has 3 nitrogen and oxygen atoms in total. The predicted molar refractivity (Wildman–Crippen MR) is 69.9 cm³/mol. The number of hydrogen-bond acceptors (Lipinski definition) is 3. The first kappa shape index (κ1) is 12.9. The van der Waals surface area contributed by atoms with Gasteiger partial charge in [0, 0.05) is 11.1 Å². The van der Waals surface area contributed by atoms with E-state index in [2.05, 4.69) is 19.0 Å². The number of nitrogen functional groups attached to an aromatic ring is 1. The van der Waals surface area contributed by atoms with Gasteiger partial charge in [0.05, 0.1) is 5.02 Å². The molecule has 1 aromatic carbocycles. The quantitative estimate of drug-likeness (QED) is 0.918. The van der Waals surface area contributed by atoms with Crippen LogP contribution in [0.5, 0.6) is 0 Å². The van der Waals surface area contributed by atoms with E-state index in [-0.39, 0.29) is 5.02 Å². The zero-order valence-electron chi connectivity index (χ0n) is 10.2. The van der Waals surface area contributed by atoms with Crippen LogP contribution in [-0.2, 0) is 6.42 Å². The Hall–Kier alpha value is -1.55. The maximum atomic E-state index is 13.1. The molecular formula is C13H14ClFN2O. The van der Waals surface area contributed by atoms with Gasteiger partial charge in [-0.3, -0.25) is 0 Å². The van der Waals surface area contributed by atoms with Gasteiger partial charge in [-0.05, 0) is 30.5 Å². The van der Waals surface area contributed by atoms with Crippen molar-refractivity contribution in [1.29, 1.82) is 0 Å². The molecule has 96 valence electrons. The lowest BCUT2D eigenvalue weighted by atomic mass is 10.00. The molecule has 18 heavy (non-hydrogen) atoms. The summed E-state index contributed by atoms with van der Waals surface area (Å²) in [6.45, 7) is 4.15. The van der Waals surface area contributed by atoms with Crippen molar-refractivity contribution in [3.63, 3.8) is 0 Å². The van der Waals surface area contributed by atoms with Crippen molar-refractivity contribution in [1.82, 2.24) is 5.16 Å². The summed E-state index contributed by atoms with van der Waals surface area (Å²) in [5.74, 6) is 0.891. The average Bonchev–Trinajstić information content (AvgIpc) is 2.64. The van der Waals surface area contributed by atoms with Gasteiger partial charge in [0.25, 0.3) is 0 Å². The van der Waals surface area contributed by atoms with E-state index in [9.17, 15) is 4.39 Å². The smallest absolute Gasteiger partial charge is 0.172 e. The van der Waals surface area contributed by atoms with Crippen molar-refractivity contribution >= 4 is 17.4 Å². The Labute approximate surface area is 110 Å². The van der Waals surface area contributed by atoms with Crippen LogP contribution in [0.4, 0.5) is 10.2 Å². The lowest BCUT2D eigenvalue weighted by Crippen LogP contribution is -1.99. The summed E-state index contributed by atoms with van der Waals surface area (Å²) in [5, 5.41) is 3.82. The van der Waals surface area contributed by atoms with E-state index in [1.165, 1.54) is 12.1 Å². The number of halogens is 2. The topological polar surface area (TPSA) is 52.0 Å². The third-order valence-corrected chi connectivity index (χ3v) is 2.90. The van der Waals surface area contributed by atoms with E-state index in [1.54, 1.807) is 6.07 Å². The van der Waals surface area contributed by atoms with Gasteiger partial charge in [-0.25, -0.2) is 4.39 Å². The molecule has 0 radical (unpaired) electrons. The van der Waals surface area contributed by atoms with E-state index in [4.69, 9.17) is 21.9 Å². The van der Waals surface area contributed by atoms with Gasteiger partial charge >= 0.3 is 0 Å². The fourth-order valence-corrected chi connectivity index (χ4v) is 1.97. The van der Waals surface area contributed by atoms with Crippen molar-refractivity contribution in [2.45, 2.75) is 20.3 Å². The fourth-order valence-electron chi connectivity index (χ4n) is 1.79. The summed E-state index contributed by atoms with van der Waals surface area (Å²) < 4.78 is 18.3. The summed E-state index contributed by atoms with van der Waals surface area (Å²) in [4.78, 5) is 0. The average molecular weight is 269 g/mol. The molecule has 0 bridgehead atoms. The van der Waals surface area contributed by atoms with Gasteiger partial charge in [-0.2, -0.15) is 0 Å².